The monoisotopic (exact) mass is 621 g/mol. The number of anilines is 3. The number of carbonyl (C=O) groups excluding carboxylic acids is 1. The molecule has 1 aliphatic heterocycles. The van der Waals surface area contributed by atoms with Crippen LogP contribution in [-0.2, 0) is 12.0 Å². The molecule has 0 aliphatic carbocycles. The fraction of sp³-hybridized carbons (Fsp3) is 0.162. The minimum Gasteiger partial charge on any atom is -0.409 e. The second-order valence-corrected chi connectivity index (χ2v) is 12.2. The number of nitrogens with zero attached hydrogens (tertiary/aromatic N) is 3. The first kappa shape index (κ1) is 29.6. The normalized spacial score (nSPS) is 13.7. The number of rotatable bonds is 7. The summed E-state index contributed by atoms with van der Waals surface area (Å²) in [5.41, 5.74) is 6.47. The van der Waals surface area contributed by atoms with Crippen LogP contribution < -0.4 is 19.4 Å². The molecular weight excluding hydrogens is 589 g/mol. The molecule has 6 rings (SSSR count). The summed E-state index contributed by atoms with van der Waals surface area (Å²) < 4.78 is 6.01. The van der Waals surface area contributed by atoms with Crippen LogP contribution in [0.2, 0.25) is 10.0 Å². The lowest BCUT2D eigenvalue weighted by Crippen LogP contribution is -2.55. The first-order valence-electron chi connectivity index (χ1n) is 14.4. The number of hydrogen-bond acceptors (Lipinski definition) is 4. The van der Waals surface area contributed by atoms with Crippen LogP contribution in [0.15, 0.2) is 115 Å². The highest BCUT2D eigenvalue weighted by atomic mass is 35.5. The van der Waals surface area contributed by atoms with E-state index in [0.717, 1.165) is 40.0 Å². The fourth-order valence-electron chi connectivity index (χ4n) is 5.92. The summed E-state index contributed by atoms with van der Waals surface area (Å²) in [6.07, 6.45) is 0.270. The minimum atomic E-state index is -1.13. The summed E-state index contributed by atoms with van der Waals surface area (Å²) in [7, 11) is 8.01. The third-order valence-corrected chi connectivity index (χ3v) is 8.90. The van der Waals surface area contributed by atoms with E-state index in [1.54, 1.807) is 11.0 Å². The zero-order chi connectivity index (χ0) is 31.0. The topological polar surface area (TPSA) is 36.0 Å². The summed E-state index contributed by atoms with van der Waals surface area (Å²) in [6.45, 7) is 0. The van der Waals surface area contributed by atoms with Crippen molar-refractivity contribution in [3.63, 3.8) is 0 Å². The van der Waals surface area contributed by atoms with Gasteiger partial charge in [0.1, 0.15) is 11.3 Å². The highest BCUT2D eigenvalue weighted by Crippen LogP contribution is 2.52. The van der Waals surface area contributed by atoms with Gasteiger partial charge < -0.3 is 14.5 Å². The van der Waals surface area contributed by atoms with E-state index in [2.05, 4.69) is 72.8 Å². The predicted octanol–water partition coefficient (Wildman–Crippen LogP) is 9.03. The molecule has 1 amide bonds. The Morgan fingerprint density at radius 1 is 0.659 bits per heavy atom. The molecule has 44 heavy (non-hydrogen) atoms. The van der Waals surface area contributed by atoms with E-state index in [9.17, 15) is 4.79 Å². The molecule has 0 radical (unpaired) electrons. The fourth-order valence-corrected chi connectivity index (χ4v) is 6.24. The molecule has 5 nitrogen and oxygen atoms in total. The number of carbonyl (C=O) groups is 1. The molecular formula is C37H33Cl2N3O2. The summed E-state index contributed by atoms with van der Waals surface area (Å²) in [4.78, 5) is 20.1. The highest BCUT2D eigenvalue weighted by Gasteiger charge is 2.52. The van der Waals surface area contributed by atoms with Gasteiger partial charge >= 0.3 is 6.09 Å². The second kappa shape index (κ2) is 11.9. The largest absolute Gasteiger partial charge is 0.421 e. The lowest BCUT2D eigenvalue weighted by molar-refractivity contribution is 0.195. The van der Waals surface area contributed by atoms with Gasteiger partial charge in [-0.05, 0) is 71.1 Å². The van der Waals surface area contributed by atoms with Gasteiger partial charge in [0.2, 0.25) is 0 Å². The molecule has 0 unspecified atom stereocenters. The Balaban J connectivity index is 1.61. The van der Waals surface area contributed by atoms with Crippen molar-refractivity contribution in [2.45, 2.75) is 12.0 Å². The Morgan fingerprint density at radius 3 is 1.68 bits per heavy atom. The van der Waals surface area contributed by atoms with Crippen molar-refractivity contribution in [3.8, 4) is 5.75 Å². The SMILES string of the molecule is CN(C)c1ccc(C2(c3ccc(N(C)C)cc3)c3cc(Cl)c(Cl)cc3OC(=O)N2c2ccc(Cc3ccccc3)cc2)cc1. The van der Waals surface area contributed by atoms with Gasteiger partial charge in [-0.3, -0.25) is 4.90 Å². The maximum atomic E-state index is 14.3. The van der Waals surface area contributed by atoms with E-state index in [0.29, 0.717) is 21.5 Å². The molecule has 1 aliphatic rings. The molecule has 0 fully saturated rings. The molecule has 0 bridgehead atoms. The standard InChI is InChI=1S/C37H33Cl2N3O2/c1-40(2)29-18-12-27(13-19-29)37(28-14-20-30(21-15-28)41(3)4)32-23-33(38)34(39)24-35(32)44-36(43)42(37)31-16-10-26(11-17-31)22-25-8-6-5-7-9-25/h5-21,23-24H,22H2,1-4H3. The number of amides is 1. The minimum absolute atomic E-state index is 0.316. The van der Waals surface area contributed by atoms with E-state index >= 15 is 0 Å². The lowest BCUT2D eigenvalue weighted by atomic mass is 9.74. The summed E-state index contributed by atoms with van der Waals surface area (Å²) >= 11 is 13.2. The van der Waals surface area contributed by atoms with Crippen LogP contribution in [-0.4, -0.2) is 34.3 Å². The first-order chi connectivity index (χ1) is 21.2. The zero-order valence-electron chi connectivity index (χ0n) is 25.1. The van der Waals surface area contributed by atoms with Crippen molar-refractivity contribution in [3.05, 3.63) is 153 Å². The van der Waals surface area contributed by atoms with Crippen LogP contribution >= 0.6 is 23.2 Å². The second-order valence-electron chi connectivity index (χ2n) is 11.4. The molecule has 5 aromatic carbocycles. The molecule has 0 aromatic heterocycles. The average molecular weight is 623 g/mol. The van der Waals surface area contributed by atoms with Crippen molar-refractivity contribution in [1.82, 2.24) is 0 Å². The Labute approximate surface area is 268 Å². The Kier molecular flexibility index (Phi) is 8.02. The van der Waals surface area contributed by atoms with Crippen molar-refractivity contribution >= 4 is 46.4 Å². The molecule has 0 saturated carbocycles. The van der Waals surface area contributed by atoms with Crippen molar-refractivity contribution < 1.29 is 9.53 Å². The lowest BCUT2D eigenvalue weighted by Gasteiger charge is -2.48. The van der Waals surface area contributed by atoms with Crippen LogP contribution in [0.25, 0.3) is 0 Å². The maximum absolute atomic E-state index is 14.3. The Hall–Kier alpha value is -4.45. The molecule has 0 saturated heterocycles. The van der Waals surface area contributed by atoms with Gasteiger partial charge in [0.05, 0.1) is 10.0 Å². The quantitative estimate of drug-likeness (QED) is 0.182. The van der Waals surface area contributed by atoms with Gasteiger partial charge in [-0.2, -0.15) is 0 Å². The Morgan fingerprint density at radius 2 is 1.16 bits per heavy atom. The van der Waals surface area contributed by atoms with Crippen molar-refractivity contribution in [2.75, 3.05) is 42.9 Å². The van der Waals surface area contributed by atoms with E-state index < -0.39 is 11.6 Å². The van der Waals surface area contributed by atoms with Crippen molar-refractivity contribution in [1.29, 1.82) is 0 Å². The van der Waals surface area contributed by atoms with Gasteiger partial charge in [0.15, 0.2) is 0 Å². The first-order valence-corrected chi connectivity index (χ1v) is 15.1. The number of fused-ring (bicyclic) bond motifs is 1. The average Bonchev–Trinajstić information content (AvgIpc) is 3.02. The summed E-state index contributed by atoms with van der Waals surface area (Å²) in [6, 6.07) is 38.4. The van der Waals surface area contributed by atoms with Gasteiger partial charge in [-0.1, -0.05) is 89.9 Å². The zero-order valence-corrected chi connectivity index (χ0v) is 26.6. The summed E-state index contributed by atoms with van der Waals surface area (Å²) in [5, 5.41) is 0.692. The molecule has 0 atom stereocenters. The molecule has 7 heteroatoms. The Bertz CT molecular complexity index is 1740. The smallest absolute Gasteiger partial charge is 0.409 e. The van der Waals surface area contributed by atoms with Crippen LogP contribution in [0.4, 0.5) is 21.9 Å². The van der Waals surface area contributed by atoms with E-state index in [4.69, 9.17) is 27.9 Å². The van der Waals surface area contributed by atoms with Gasteiger partial charge in [0, 0.05) is 56.9 Å². The molecule has 0 N–H and O–H groups in total. The maximum Gasteiger partial charge on any atom is 0.421 e. The van der Waals surface area contributed by atoms with Crippen LogP contribution in [0, 0.1) is 0 Å². The van der Waals surface area contributed by atoms with Gasteiger partial charge in [-0.15, -0.1) is 0 Å². The van der Waals surface area contributed by atoms with E-state index in [-0.39, 0.29) is 0 Å². The molecule has 1 heterocycles. The van der Waals surface area contributed by atoms with E-state index in [1.165, 1.54) is 5.56 Å². The third kappa shape index (κ3) is 5.27. The van der Waals surface area contributed by atoms with Crippen molar-refractivity contribution in [2.24, 2.45) is 0 Å². The predicted molar refractivity (Wildman–Crippen MR) is 182 cm³/mol. The molecule has 5 aromatic rings. The third-order valence-electron chi connectivity index (χ3n) is 8.18. The number of halogens is 2. The molecule has 222 valence electrons. The van der Waals surface area contributed by atoms with Crippen LogP contribution in [0.3, 0.4) is 0 Å². The van der Waals surface area contributed by atoms with Gasteiger partial charge in [0.25, 0.3) is 0 Å². The van der Waals surface area contributed by atoms with Crippen LogP contribution in [0.1, 0.15) is 27.8 Å². The summed E-state index contributed by atoms with van der Waals surface area (Å²) in [5.74, 6) is 0.370. The van der Waals surface area contributed by atoms with E-state index in [1.807, 2.05) is 74.4 Å². The van der Waals surface area contributed by atoms with Gasteiger partial charge in [-0.25, -0.2) is 4.79 Å². The van der Waals surface area contributed by atoms with Crippen LogP contribution in [0.5, 0.6) is 5.75 Å². The highest BCUT2D eigenvalue weighted by molar-refractivity contribution is 6.42. The number of ether oxygens (including phenoxy) is 1. The number of hydrogen-bond donors (Lipinski definition) is 0. The number of benzene rings is 5. The molecule has 0 spiro atoms.